The molecule has 0 aliphatic rings. The van der Waals surface area contributed by atoms with Crippen molar-refractivity contribution in [3.63, 3.8) is 0 Å². The van der Waals surface area contributed by atoms with Crippen LogP contribution in [-0.2, 0) is 0 Å². The fraction of sp³-hybridized carbons (Fsp3) is 0.0769. The zero-order valence-corrected chi connectivity index (χ0v) is 15.7. The van der Waals surface area contributed by atoms with Crippen molar-refractivity contribution < 1.29 is 0 Å². The van der Waals surface area contributed by atoms with Gasteiger partial charge in [0.25, 0.3) is 0 Å². The number of rotatable bonds is 7. The van der Waals surface area contributed by atoms with Crippen LogP contribution in [0, 0.1) is 0 Å². The van der Waals surface area contributed by atoms with Crippen LogP contribution in [0.2, 0.25) is 0 Å². The molecule has 0 heterocycles. The molecule has 26 heavy (non-hydrogen) atoms. The summed E-state index contributed by atoms with van der Waals surface area (Å²) < 4.78 is 0. The van der Waals surface area contributed by atoms with Gasteiger partial charge in [0.15, 0.2) is 0 Å². The maximum Gasteiger partial charge on any atom is -0.0178 e. The van der Waals surface area contributed by atoms with E-state index in [9.17, 15) is 0 Å². The molecule has 0 radical (unpaired) electrons. The molecular weight excluding hydrogens is 312 g/mol. The molecule has 0 unspecified atom stereocenters. The highest BCUT2D eigenvalue weighted by Crippen LogP contribution is 2.26. The minimum Gasteiger partial charge on any atom is -0.0991 e. The van der Waals surface area contributed by atoms with Gasteiger partial charge in [-0.1, -0.05) is 104 Å². The summed E-state index contributed by atoms with van der Waals surface area (Å²) in [6, 6.07) is 19.1. The first-order valence-electron chi connectivity index (χ1n) is 8.79. The lowest BCUT2D eigenvalue weighted by atomic mass is 9.96. The van der Waals surface area contributed by atoms with E-state index < -0.39 is 0 Å². The average Bonchev–Trinajstić information content (AvgIpc) is 2.68. The molecule has 0 aromatic heterocycles. The van der Waals surface area contributed by atoms with Gasteiger partial charge < -0.3 is 0 Å². The van der Waals surface area contributed by atoms with Gasteiger partial charge in [0.05, 0.1) is 0 Å². The first-order valence-corrected chi connectivity index (χ1v) is 8.79. The predicted octanol–water partition coefficient (Wildman–Crippen LogP) is 7.56. The van der Waals surface area contributed by atoms with E-state index >= 15 is 0 Å². The highest BCUT2D eigenvalue weighted by atomic mass is 14.1. The first-order chi connectivity index (χ1) is 12.7. The summed E-state index contributed by atoms with van der Waals surface area (Å²) in [4.78, 5) is 0. The molecule has 2 aromatic carbocycles. The monoisotopic (exact) mass is 338 g/mol. The van der Waals surface area contributed by atoms with Gasteiger partial charge in [-0.25, -0.2) is 0 Å². The first kappa shape index (κ1) is 19.2. The van der Waals surface area contributed by atoms with Crippen LogP contribution in [0.5, 0.6) is 0 Å². The van der Waals surface area contributed by atoms with Gasteiger partial charge in [-0.2, -0.15) is 0 Å². The van der Waals surface area contributed by atoms with Gasteiger partial charge in [-0.3, -0.25) is 0 Å². The summed E-state index contributed by atoms with van der Waals surface area (Å²) in [5, 5.41) is 0. The summed E-state index contributed by atoms with van der Waals surface area (Å²) in [6.07, 6.45) is 13.9. The van der Waals surface area contributed by atoms with Crippen molar-refractivity contribution in [1.82, 2.24) is 0 Å². The minimum absolute atomic E-state index is 1.15. The largest absolute Gasteiger partial charge is 0.0991 e. The Morgan fingerprint density at radius 3 is 2.15 bits per heavy atom. The molecule has 130 valence electrons. The van der Waals surface area contributed by atoms with Crippen molar-refractivity contribution in [2.24, 2.45) is 0 Å². The molecule has 0 spiro atoms. The lowest BCUT2D eigenvalue weighted by Gasteiger charge is -2.09. The smallest absolute Gasteiger partial charge is 0.0178 e. The summed E-state index contributed by atoms with van der Waals surface area (Å²) in [5.74, 6) is 0. The summed E-state index contributed by atoms with van der Waals surface area (Å²) in [6.45, 7) is 11.8. The summed E-state index contributed by atoms with van der Waals surface area (Å²) >= 11 is 0. The van der Waals surface area contributed by atoms with Crippen molar-refractivity contribution >= 4 is 5.57 Å². The number of allylic oxidation sites excluding steroid dienone is 10. The van der Waals surface area contributed by atoms with Gasteiger partial charge in [-0.15, -0.1) is 0 Å². The van der Waals surface area contributed by atoms with Crippen molar-refractivity contribution in [2.45, 2.75) is 13.8 Å². The summed E-state index contributed by atoms with van der Waals surface area (Å²) in [5.41, 5.74) is 7.20. The van der Waals surface area contributed by atoms with Crippen LogP contribution in [0.3, 0.4) is 0 Å². The molecule has 0 aliphatic carbocycles. The Labute approximate surface area is 157 Å². The van der Waals surface area contributed by atoms with E-state index in [1.54, 1.807) is 6.08 Å². The number of hydrogen-bond acceptors (Lipinski definition) is 0. The zero-order valence-electron chi connectivity index (χ0n) is 15.7. The highest BCUT2D eigenvalue weighted by Gasteiger charge is 2.03. The summed E-state index contributed by atoms with van der Waals surface area (Å²) in [7, 11) is 0. The average molecular weight is 338 g/mol. The molecule has 0 saturated heterocycles. The number of hydrogen-bond donors (Lipinski definition) is 0. The topological polar surface area (TPSA) is 0 Å². The van der Waals surface area contributed by atoms with Crippen molar-refractivity contribution in [1.29, 1.82) is 0 Å². The van der Waals surface area contributed by atoms with E-state index in [1.165, 1.54) is 27.8 Å². The standard InChI is InChI=1S/C26H26/c1-5-7-9-14-21(3)22(4)19-24(13-6-2)26-18-12-17-25(20-26)23-15-10-8-11-16-23/h5-20H,1-2H2,3-4H3/b9-7-,21-14+,22-19+,24-13+. The lowest BCUT2D eigenvalue weighted by Crippen LogP contribution is -1.87. The third-order valence-electron chi connectivity index (χ3n) is 4.19. The maximum atomic E-state index is 3.88. The van der Waals surface area contributed by atoms with E-state index in [4.69, 9.17) is 0 Å². The zero-order chi connectivity index (χ0) is 18.8. The molecule has 2 aromatic rings. The van der Waals surface area contributed by atoms with E-state index in [-0.39, 0.29) is 0 Å². The third kappa shape index (κ3) is 5.46. The van der Waals surface area contributed by atoms with Gasteiger partial charge in [0, 0.05) is 0 Å². The van der Waals surface area contributed by atoms with Crippen molar-refractivity contribution in [2.75, 3.05) is 0 Å². The van der Waals surface area contributed by atoms with Crippen LogP contribution < -0.4 is 0 Å². The van der Waals surface area contributed by atoms with Crippen LogP contribution in [-0.4, -0.2) is 0 Å². The van der Waals surface area contributed by atoms with Gasteiger partial charge in [-0.05, 0) is 53.3 Å². The molecule has 0 saturated carbocycles. The van der Waals surface area contributed by atoms with Crippen LogP contribution in [0.4, 0.5) is 0 Å². The van der Waals surface area contributed by atoms with Crippen LogP contribution >= 0.6 is 0 Å². The fourth-order valence-corrected chi connectivity index (χ4v) is 2.62. The number of benzene rings is 2. The maximum absolute atomic E-state index is 3.88. The predicted molar refractivity (Wildman–Crippen MR) is 117 cm³/mol. The molecule has 0 N–H and O–H groups in total. The third-order valence-corrected chi connectivity index (χ3v) is 4.19. The Bertz CT molecular complexity index is 871. The van der Waals surface area contributed by atoms with Crippen LogP contribution in [0.1, 0.15) is 19.4 Å². The Morgan fingerprint density at radius 1 is 0.731 bits per heavy atom. The Kier molecular flexibility index (Phi) is 7.39. The minimum atomic E-state index is 1.15. The molecule has 0 fully saturated rings. The van der Waals surface area contributed by atoms with Crippen molar-refractivity contribution in [3.05, 3.63) is 127 Å². The van der Waals surface area contributed by atoms with Crippen molar-refractivity contribution in [3.8, 4) is 11.1 Å². The van der Waals surface area contributed by atoms with Gasteiger partial charge in [0.2, 0.25) is 0 Å². The molecule has 2 rings (SSSR count). The van der Waals surface area contributed by atoms with Crippen LogP contribution in [0.15, 0.2) is 121 Å². The SMILES string of the molecule is C=C\C=C/C=C(C)/C(C)=C/C(=C\C=C)c1cccc(-c2ccccc2)c1. The van der Waals surface area contributed by atoms with E-state index in [0.717, 1.165) is 5.57 Å². The fourth-order valence-electron chi connectivity index (χ4n) is 2.62. The molecule has 0 atom stereocenters. The quantitative estimate of drug-likeness (QED) is 0.457. The second kappa shape index (κ2) is 10.0. The molecule has 0 aliphatic heterocycles. The molecule has 0 nitrogen and oxygen atoms in total. The van der Waals surface area contributed by atoms with Gasteiger partial charge in [0.1, 0.15) is 0 Å². The highest BCUT2D eigenvalue weighted by molar-refractivity contribution is 5.79. The normalized spacial score (nSPS) is 13.1. The van der Waals surface area contributed by atoms with E-state index in [2.05, 4.69) is 93.8 Å². The van der Waals surface area contributed by atoms with E-state index in [1.807, 2.05) is 24.3 Å². The van der Waals surface area contributed by atoms with Crippen LogP contribution in [0.25, 0.3) is 16.7 Å². The van der Waals surface area contributed by atoms with Gasteiger partial charge >= 0.3 is 0 Å². The molecule has 0 amide bonds. The second-order valence-electron chi connectivity index (χ2n) is 6.10. The van der Waals surface area contributed by atoms with E-state index in [0.29, 0.717) is 0 Å². The Balaban J connectivity index is 2.39. The lowest BCUT2D eigenvalue weighted by molar-refractivity contribution is 1.35. The molecule has 0 heteroatoms. The molecular formula is C26H26. The Hall–Kier alpha value is -3.12. The Morgan fingerprint density at radius 2 is 1.46 bits per heavy atom. The molecule has 0 bridgehead atoms. The second-order valence-corrected chi connectivity index (χ2v) is 6.10.